The van der Waals surface area contributed by atoms with Crippen molar-refractivity contribution in [1.29, 1.82) is 0 Å². The van der Waals surface area contributed by atoms with E-state index in [-0.39, 0.29) is 23.8 Å². The number of carbonyl (C=O) groups excluding carboxylic acids is 2. The Morgan fingerprint density at radius 3 is 2.65 bits per heavy atom. The fourth-order valence-corrected chi connectivity index (χ4v) is 5.41. The summed E-state index contributed by atoms with van der Waals surface area (Å²) in [5.74, 6) is -0.110. The number of amides is 2. The van der Waals surface area contributed by atoms with Gasteiger partial charge in [0, 0.05) is 29.5 Å². The summed E-state index contributed by atoms with van der Waals surface area (Å²) >= 11 is 1.41. The van der Waals surface area contributed by atoms with Gasteiger partial charge in [0.25, 0.3) is 11.8 Å². The number of carbonyl (C=O) groups is 2. The van der Waals surface area contributed by atoms with Crippen LogP contribution in [0.3, 0.4) is 0 Å². The van der Waals surface area contributed by atoms with Gasteiger partial charge in [-0.05, 0) is 70.1 Å². The molecule has 186 valence electrons. The standard InChI is InChI=1S/C29H27N5O2S/c1-17(2)26(34-28(35)22-7-8-23-13-30-10-9-19(23)11-22)21-6-4-5-20(12-21)25-16-37-27(18(25)3)29(36)33-24-14-31-32-15-24/h4-17,26H,1-3H3,(H,31,32)(H,33,36)(H,34,35)/t26-/m1/s1. The number of H-pyrrole nitrogens is 1. The van der Waals surface area contributed by atoms with E-state index >= 15 is 0 Å². The molecule has 5 rings (SSSR count). The lowest BCUT2D eigenvalue weighted by Gasteiger charge is -2.24. The number of hydrogen-bond donors (Lipinski definition) is 3. The Hall–Kier alpha value is -4.30. The van der Waals surface area contributed by atoms with Crippen molar-refractivity contribution >= 4 is 39.6 Å². The van der Waals surface area contributed by atoms with E-state index in [2.05, 4.69) is 45.7 Å². The van der Waals surface area contributed by atoms with Crippen LogP contribution < -0.4 is 10.6 Å². The van der Waals surface area contributed by atoms with Crippen molar-refractivity contribution in [1.82, 2.24) is 20.5 Å². The lowest BCUT2D eigenvalue weighted by atomic mass is 9.92. The molecule has 0 aliphatic carbocycles. The fourth-order valence-electron chi connectivity index (χ4n) is 4.42. The molecule has 0 radical (unpaired) electrons. The number of thiophene rings is 1. The molecule has 2 amide bonds. The Balaban J connectivity index is 1.39. The molecule has 3 heterocycles. The third-order valence-electron chi connectivity index (χ3n) is 6.41. The van der Waals surface area contributed by atoms with Crippen molar-refractivity contribution < 1.29 is 9.59 Å². The first-order valence-electron chi connectivity index (χ1n) is 12.0. The minimum atomic E-state index is -0.177. The van der Waals surface area contributed by atoms with Crippen molar-refractivity contribution in [2.75, 3.05) is 5.32 Å². The van der Waals surface area contributed by atoms with Crippen LogP contribution in [0.1, 0.15) is 51.0 Å². The highest BCUT2D eigenvalue weighted by molar-refractivity contribution is 7.12. The van der Waals surface area contributed by atoms with Gasteiger partial charge in [0.2, 0.25) is 0 Å². The molecule has 0 bridgehead atoms. The number of hydrogen-bond acceptors (Lipinski definition) is 5. The maximum absolute atomic E-state index is 13.2. The van der Waals surface area contributed by atoms with E-state index in [1.807, 2.05) is 54.8 Å². The van der Waals surface area contributed by atoms with E-state index in [9.17, 15) is 9.59 Å². The third-order valence-corrected chi connectivity index (χ3v) is 7.50. The Bertz CT molecular complexity index is 1570. The van der Waals surface area contributed by atoms with Gasteiger partial charge in [-0.2, -0.15) is 5.10 Å². The second kappa shape index (κ2) is 10.4. The SMILES string of the molecule is Cc1c(-c2cccc([C@H](NC(=O)c3ccc4cnccc4c3)C(C)C)c2)csc1C(=O)Nc1cn[nH]c1. The molecular weight excluding hydrogens is 482 g/mol. The van der Waals surface area contributed by atoms with Crippen LogP contribution in [-0.4, -0.2) is 27.0 Å². The highest BCUT2D eigenvalue weighted by Gasteiger charge is 2.21. The molecule has 3 aromatic heterocycles. The zero-order valence-corrected chi connectivity index (χ0v) is 21.6. The number of fused-ring (bicyclic) bond motifs is 1. The lowest BCUT2D eigenvalue weighted by molar-refractivity contribution is 0.0925. The van der Waals surface area contributed by atoms with Crippen molar-refractivity contribution in [3.05, 3.63) is 100 Å². The summed E-state index contributed by atoms with van der Waals surface area (Å²) in [6.45, 7) is 6.15. The van der Waals surface area contributed by atoms with Crippen LogP contribution in [0.5, 0.6) is 0 Å². The Kier molecular flexibility index (Phi) is 6.83. The summed E-state index contributed by atoms with van der Waals surface area (Å²) in [6, 6.07) is 15.5. The Morgan fingerprint density at radius 1 is 1.00 bits per heavy atom. The molecule has 0 fully saturated rings. The normalized spacial score (nSPS) is 12.0. The van der Waals surface area contributed by atoms with Crippen molar-refractivity contribution in [3.63, 3.8) is 0 Å². The summed E-state index contributed by atoms with van der Waals surface area (Å²) in [7, 11) is 0. The number of nitrogens with one attached hydrogen (secondary N) is 3. The number of rotatable bonds is 7. The van der Waals surface area contributed by atoms with Crippen LogP contribution in [0, 0.1) is 12.8 Å². The number of aromatic amines is 1. The van der Waals surface area contributed by atoms with Crippen LogP contribution in [0.2, 0.25) is 0 Å². The van der Waals surface area contributed by atoms with Gasteiger partial charge in [0.1, 0.15) is 0 Å². The Labute approximate surface area is 219 Å². The van der Waals surface area contributed by atoms with Crippen molar-refractivity contribution in [2.45, 2.75) is 26.8 Å². The molecule has 0 spiro atoms. The average Bonchev–Trinajstić information content (AvgIpc) is 3.56. The number of anilines is 1. The fraction of sp³-hybridized carbons (Fsp3) is 0.172. The van der Waals surface area contributed by atoms with Gasteiger partial charge in [0.15, 0.2) is 0 Å². The quantitative estimate of drug-likeness (QED) is 0.237. The number of benzene rings is 2. The first-order valence-corrected chi connectivity index (χ1v) is 12.9. The largest absolute Gasteiger partial charge is 0.345 e. The zero-order valence-electron chi connectivity index (χ0n) is 20.8. The first-order chi connectivity index (χ1) is 17.9. The van der Waals surface area contributed by atoms with Crippen LogP contribution >= 0.6 is 11.3 Å². The topological polar surface area (TPSA) is 99.8 Å². The summed E-state index contributed by atoms with van der Waals surface area (Å²) in [6.07, 6.45) is 6.73. The maximum Gasteiger partial charge on any atom is 0.266 e. The molecule has 2 aromatic carbocycles. The molecule has 0 aliphatic heterocycles. The zero-order chi connectivity index (χ0) is 25.9. The maximum atomic E-state index is 13.2. The third kappa shape index (κ3) is 5.15. The van der Waals surface area contributed by atoms with E-state index in [1.165, 1.54) is 11.3 Å². The molecule has 37 heavy (non-hydrogen) atoms. The molecule has 3 N–H and O–H groups in total. The predicted octanol–water partition coefficient (Wildman–Crippen LogP) is 6.37. The average molecular weight is 510 g/mol. The molecule has 0 saturated carbocycles. The minimum absolute atomic E-state index is 0.118. The van der Waals surface area contributed by atoms with E-state index in [0.717, 1.165) is 33.0 Å². The number of nitrogens with zero attached hydrogens (tertiary/aromatic N) is 2. The lowest BCUT2D eigenvalue weighted by Crippen LogP contribution is -2.31. The van der Waals surface area contributed by atoms with Gasteiger partial charge in [-0.15, -0.1) is 11.3 Å². The number of pyridine rings is 1. The summed E-state index contributed by atoms with van der Waals surface area (Å²) in [5, 5.41) is 16.6. The van der Waals surface area contributed by atoms with E-state index in [4.69, 9.17) is 0 Å². The molecule has 1 atom stereocenters. The number of aromatic nitrogens is 3. The monoisotopic (exact) mass is 509 g/mol. The summed E-state index contributed by atoms with van der Waals surface area (Å²) in [4.78, 5) is 30.8. The van der Waals surface area contributed by atoms with Gasteiger partial charge >= 0.3 is 0 Å². The smallest absolute Gasteiger partial charge is 0.266 e. The van der Waals surface area contributed by atoms with Crippen LogP contribution in [0.15, 0.2) is 78.7 Å². The highest BCUT2D eigenvalue weighted by atomic mass is 32.1. The molecule has 0 aliphatic rings. The van der Waals surface area contributed by atoms with Crippen molar-refractivity contribution in [2.24, 2.45) is 5.92 Å². The van der Waals surface area contributed by atoms with Gasteiger partial charge in [0.05, 0.1) is 22.8 Å². The van der Waals surface area contributed by atoms with E-state index in [1.54, 1.807) is 24.8 Å². The van der Waals surface area contributed by atoms with E-state index in [0.29, 0.717) is 16.1 Å². The van der Waals surface area contributed by atoms with Crippen LogP contribution in [0.25, 0.3) is 21.9 Å². The van der Waals surface area contributed by atoms with Gasteiger partial charge < -0.3 is 10.6 Å². The molecular formula is C29H27N5O2S. The summed E-state index contributed by atoms with van der Waals surface area (Å²) < 4.78 is 0. The first kappa shape index (κ1) is 24.4. The highest BCUT2D eigenvalue weighted by Crippen LogP contribution is 2.34. The Morgan fingerprint density at radius 2 is 1.86 bits per heavy atom. The molecule has 8 heteroatoms. The van der Waals surface area contributed by atoms with Gasteiger partial charge in [-0.25, -0.2) is 0 Å². The van der Waals surface area contributed by atoms with Crippen LogP contribution in [-0.2, 0) is 0 Å². The van der Waals surface area contributed by atoms with Gasteiger partial charge in [-0.3, -0.25) is 19.7 Å². The molecule has 7 nitrogen and oxygen atoms in total. The van der Waals surface area contributed by atoms with Crippen molar-refractivity contribution in [3.8, 4) is 11.1 Å². The molecule has 0 unspecified atom stereocenters. The second-order valence-electron chi connectivity index (χ2n) is 9.30. The second-order valence-corrected chi connectivity index (χ2v) is 10.2. The minimum Gasteiger partial charge on any atom is -0.345 e. The van der Waals surface area contributed by atoms with E-state index < -0.39 is 0 Å². The predicted molar refractivity (Wildman–Crippen MR) is 148 cm³/mol. The molecule has 0 saturated heterocycles. The summed E-state index contributed by atoms with van der Waals surface area (Å²) in [5.41, 5.74) is 5.18. The molecule has 5 aromatic rings. The van der Waals surface area contributed by atoms with Gasteiger partial charge in [-0.1, -0.05) is 38.1 Å². The van der Waals surface area contributed by atoms with Crippen LogP contribution in [0.4, 0.5) is 5.69 Å².